The number of halogens is 6. The molecule has 8 heteroatoms. The molecule has 1 heterocycles. The van der Waals surface area contributed by atoms with Crippen LogP contribution in [0.2, 0.25) is 0 Å². The van der Waals surface area contributed by atoms with Gasteiger partial charge in [-0.05, 0) is 31.0 Å². The van der Waals surface area contributed by atoms with E-state index in [1.807, 2.05) is 0 Å². The molecule has 2 rings (SSSR count). The van der Waals surface area contributed by atoms with E-state index in [4.69, 9.17) is 0 Å². The van der Waals surface area contributed by atoms with Gasteiger partial charge in [0, 0.05) is 23.9 Å². The monoisotopic (exact) mass is 323 g/mol. The Morgan fingerprint density at radius 2 is 1.50 bits per heavy atom. The van der Waals surface area contributed by atoms with Crippen LogP contribution >= 0.6 is 0 Å². The molecule has 0 unspecified atom stereocenters. The second-order valence-electron chi connectivity index (χ2n) is 4.85. The second-order valence-corrected chi connectivity index (χ2v) is 4.85. The third-order valence-electron chi connectivity index (χ3n) is 3.19. The van der Waals surface area contributed by atoms with Crippen LogP contribution in [0.15, 0.2) is 30.0 Å². The van der Waals surface area contributed by atoms with Crippen LogP contribution in [0.25, 0.3) is 0 Å². The number of carbonyl (C=O) groups is 1. The van der Waals surface area contributed by atoms with Gasteiger partial charge in [0.1, 0.15) is 0 Å². The molecule has 0 radical (unpaired) electrons. The van der Waals surface area contributed by atoms with E-state index in [0.717, 1.165) is 0 Å². The summed E-state index contributed by atoms with van der Waals surface area (Å²) in [6.07, 6.45) is -7.70. The fourth-order valence-corrected chi connectivity index (χ4v) is 2.10. The first-order valence-corrected chi connectivity index (χ1v) is 6.35. The molecule has 1 aromatic carbocycles. The van der Waals surface area contributed by atoms with Crippen molar-refractivity contribution in [3.63, 3.8) is 0 Å². The van der Waals surface area contributed by atoms with Gasteiger partial charge in [-0.3, -0.25) is 4.79 Å². The number of alkyl halides is 6. The van der Waals surface area contributed by atoms with Gasteiger partial charge in [-0.1, -0.05) is 0 Å². The van der Waals surface area contributed by atoms with Crippen molar-refractivity contribution in [2.24, 2.45) is 0 Å². The van der Waals surface area contributed by atoms with E-state index < -0.39 is 34.8 Å². The van der Waals surface area contributed by atoms with E-state index in [1.165, 1.54) is 6.20 Å². The van der Waals surface area contributed by atoms with E-state index in [-0.39, 0.29) is 11.6 Å². The normalized spacial score (nSPS) is 16.0. The van der Waals surface area contributed by atoms with Crippen LogP contribution in [-0.4, -0.2) is 12.3 Å². The molecule has 0 saturated carbocycles. The summed E-state index contributed by atoms with van der Waals surface area (Å²) >= 11 is 0. The number of hydrogen-bond acceptors (Lipinski definition) is 2. The van der Waals surface area contributed by atoms with Crippen LogP contribution in [-0.2, 0) is 12.4 Å². The Labute approximate surface area is 121 Å². The Morgan fingerprint density at radius 3 is 1.91 bits per heavy atom. The maximum atomic E-state index is 12.7. The maximum absolute atomic E-state index is 12.7. The third-order valence-corrected chi connectivity index (χ3v) is 3.19. The summed E-state index contributed by atoms with van der Waals surface area (Å²) in [6.45, 7) is 0.604. The van der Waals surface area contributed by atoms with Crippen molar-refractivity contribution < 1.29 is 31.1 Å². The topological polar surface area (TPSA) is 29.1 Å². The Hall–Kier alpha value is -1.99. The van der Waals surface area contributed by atoms with Crippen molar-refractivity contribution in [3.8, 4) is 0 Å². The number of hydrogen-bond donors (Lipinski definition) is 1. The molecule has 0 aliphatic carbocycles. The lowest BCUT2D eigenvalue weighted by Gasteiger charge is -2.16. The first-order chi connectivity index (χ1) is 10.1. The SMILES string of the molecule is O=C(C1=CNCCC1)c1cc(C(F)(F)F)cc(C(F)(F)F)c1. The molecule has 22 heavy (non-hydrogen) atoms. The van der Waals surface area contributed by atoms with Crippen LogP contribution in [0.5, 0.6) is 0 Å². The molecule has 0 bridgehead atoms. The highest BCUT2D eigenvalue weighted by atomic mass is 19.4. The Balaban J connectivity index is 2.50. The van der Waals surface area contributed by atoms with Gasteiger partial charge in [0.05, 0.1) is 11.1 Å². The Kier molecular flexibility index (Phi) is 4.21. The Bertz CT molecular complexity index is 582. The van der Waals surface area contributed by atoms with Crippen molar-refractivity contribution >= 4 is 5.78 Å². The fourth-order valence-electron chi connectivity index (χ4n) is 2.10. The summed E-state index contributed by atoms with van der Waals surface area (Å²) in [5, 5.41) is 2.75. The summed E-state index contributed by atoms with van der Waals surface area (Å²) in [7, 11) is 0. The minimum Gasteiger partial charge on any atom is -0.391 e. The summed E-state index contributed by atoms with van der Waals surface area (Å²) < 4.78 is 76.4. The van der Waals surface area contributed by atoms with Crippen molar-refractivity contribution in [2.75, 3.05) is 6.54 Å². The van der Waals surface area contributed by atoms with Crippen LogP contribution in [0, 0.1) is 0 Å². The molecule has 0 fully saturated rings. The predicted molar refractivity (Wildman–Crippen MR) is 66.1 cm³/mol. The zero-order chi connectivity index (χ0) is 16.5. The summed E-state index contributed by atoms with van der Waals surface area (Å²) in [4.78, 5) is 12.1. The molecule has 0 saturated heterocycles. The van der Waals surface area contributed by atoms with E-state index in [2.05, 4.69) is 5.32 Å². The molecule has 120 valence electrons. The molecule has 1 aliphatic rings. The molecular weight excluding hydrogens is 312 g/mol. The lowest BCUT2D eigenvalue weighted by atomic mass is 9.95. The molecule has 0 aromatic heterocycles. The van der Waals surface area contributed by atoms with Crippen LogP contribution in [0.4, 0.5) is 26.3 Å². The van der Waals surface area contributed by atoms with Gasteiger partial charge in [-0.15, -0.1) is 0 Å². The first kappa shape index (κ1) is 16.4. The fraction of sp³-hybridized carbons (Fsp3) is 0.357. The van der Waals surface area contributed by atoms with E-state index >= 15 is 0 Å². The standard InChI is InChI=1S/C14H11F6NO/c15-13(16,17)10-4-9(5-11(6-10)14(18,19)20)12(22)8-2-1-3-21-7-8/h4-7,21H,1-3H2. The first-order valence-electron chi connectivity index (χ1n) is 6.35. The molecule has 1 aliphatic heterocycles. The zero-order valence-corrected chi connectivity index (χ0v) is 11.1. The van der Waals surface area contributed by atoms with Crippen LogP contribution in [0.3, 0.4) is 0 Å². The highest BCUT2D eigenvalue weighted by molar-refractivity contribution is 6.08. The van der Waals surface area contributed by atoms with Crippen molar-refractivity contribution in [1.29, 1.82) is 0 Å². The molecule has 0 amide bonds. The van der Waals surface area contributed by atoms with Crippen molar-refractivity contribution in [1.82, 2.24) is 5.32 Å². The predicted octanol–water partition coefficient (Wildman–Crippen LogP) is 4.17. The average Bonchev–Trinajstić information content (AvgIpc) is 2.45. The highest BCUT2D eigenvalue weighted by Crippen LogP contribution is 2.36. The number of nitrogens with one attached hydrogen (secondary N) is 1. The van der Waals surface area contributed by atoms with Gasteiger partial charge in [0.2, 0.25) is 0 Å². The number of rotatable bonds is 2. The summed E-state index contributed by atoms with van der Waals surface area (Å²) in [6, 6.07) is 0.907. The zero-order valence-electron chi connectivity index (χ0n) is 11.1. The molecule has 2 nitrogen and oxygen atoms in total. The molecule has 1 aromatic rings. The molecule has 0 spiro atoms. The van der Waals surface area contributed by atoms with Crippen molar-refractivity contribution in [2.45, 2.75) is 25.2 Å². The molecular formula is C14H11F6NO. The van der Waals surface area contributed by atoms with E-state index in [0.29, 0.717) is 31.5 Å². The second kappa shape index (κ2) is 5.66. The van der Waals surface area contributed by atoms with E-state index in [9.17, 15) is 31.1 Å². The lowest BCUT2D eigenvalue weighted by molar-refractivity contribution is -0.143. The molecule has 0 atom stereocenters. The smallest absolute Gasteiger partial charge is 0.391 e. The van der Waals surface area contributed by atoms with Crippen LogP contribution < -0.4 is 5.32 Å². The highest BCUT2D eigenvalue weighted by Gasteiger charge is 2.37. The van der Waals surface area contributed by atoms with Gasteiger partial charge in [-0.2, -0.15) is 26.3 Å². The van der Waals surface area contributed by atoms with Crippen molar-refractivity contribution in [3.05, 3.63) is 46.7 Å². The number of ketones is 1. The average molecular weight is 323 g/mol. The van der Waals surface area contributed by atoms with Crippen LogP contribution in [0.1, 0.15) is 34.3 Å². The number of Topliss-reactive ketones (excluding diaryl/α,β-unsaturated/α-hetero) is 1. The largest absolute Gasteiger partial charge is 0.416 e. The molecule has 1 N–H and O–H groups in total. The minimum atomic E-state index is -4.96. The van der Waals surface area contributed by atoms with Gasteiger partial charge in [0.25, 0.3) is 0 Å². The van der Waals surface area contributed by atoms with Gasteiger partial charge in [0.15, 0.2) is 5.78 Å². The number of allylic oxidation sites excluding steroid dienone is 1. The summed E-state index contributed by atoms with van der Waals surface area (Å²) in [5.74, 6) is -0.830. The van der Waals surface area contributed by atoms with E-state index in [1.54, 1.807) is 0 Å². The van der Waals surface area contributed by atoms with Gasteiger partial charge < -0.3 is 5.32 Å². The Morgan fingerprint density at radius 1 is 0.955 bits per heavy atom. The number of benzene rings is 1. The maximum Gasteiger partial charge on any atom is 0.416 e. The van der Waals surface area contributed by atoms with Gasteiger partial charge >= 0.3 is 12.4 Å². The third kappa shape index (κ3) is 3.61. The summed E-state index contributed by atoms with van der Waals surface area (Å²) in [5.41, 5.74) is -3.43. The number of carbonyl (C=O) groups excluding carboxylic acids is 1. The lowest BCUT2D eigenvalue weighted by Crippen LogP contribution is -2.19. The minimum absolute atomic E-state index is 0.00425. The quantitative estimate of drug-likeness (QED) is 0.654. The van der Waals surface area contributed by atoms with Gasteiger partial charge in [-0.25, -0.2) is 0 Å².